The van der Waals surface area contributed by atoms with Gasteiger partial charge in [0.05, 0.1) is 0 Å². The molecule has 0 aromatic carbocycles. The van der Waals surface area contributed by atoms with Crippen LogP contribution in [-0.4, -0.2) is 23.8 Å². The molecule has 0 bridgehead atoms. The van der Waals surface area contributed by atoms with Crippen molar-refractivity contribution >= 4 is 23.8 Å². The zero-order valence-electron chi connectivity index (χ0n) is 5.96. The van der Waals surface area contributed by atoms with Crippen molar-refractivity contribution in [3.63, 3.8) is 0 Å². The molecule has 0 aliphatic carbocycles. The monoisotopic (exact) mass is 232 g/mol. The maximum absolute atomic E-state index is 9.26. The Hall–Kier alpha value is -1.60. The van der Waals surface area contributed by atoms with Crippen molar-refractivity contribution < 1.29 is 46.5 Å². The Morgan fingerprint density at radius 1 is 0.769 bits per heavy atom. The van der Waals surface area contributed by atoms with Gasteiger partial charge in [-0.25, -0.2) is 0 Å². The van der Waals surface area contributed by atoms with Crippen LogP contribution in [-0.2, 0) is 36.2 Å². The summed E-state index contributed by atoms with van der Waals surface area (Å²) in [5, 5.41) is 18.2. The van der Waals surface area contributed by atoms with Gasteiger partial charge < -0.3 is 31.3 Å². The molecule has 9 heteroatoms. The molecule has 0 saturated carbocycles. The Kier molecular flexibility index (Phi) is 11.4. The van der Waals surface area contributed by atoms with E-state index in [4.69, 9.17) is 19.8 Å². The molecule has 0 aromatic heterocycles. The minimum absolute atomic E-state index is 0. The summed E-state index contributed by atoms with van der Waals surface area (Å²) < 4.78 is 0. The van der Waals surface area contributed by atoms with Crippen molar-refractivity contribution in [1.82, 2.24) is 0 Å². The zero-order chi connectivity index (χ0) is 10.3. The molecule has 0 aliphatic rings. The van der Waals surface area contributed by atoms with Crippen LogP contribution in [0.2, 0.25) is 0 Å². The van der Waals surface area contributed by atoms with E-state index in [0.717, 1.165) is 0 Å². The second-order valence-electron chi connectivity index (χ2n) is 1.30. The number of rotatable bonds is 0. The van der Waals surface area contributed by atoms with Crippen LogP contribution in [0.25, 0.3) is 0 Å². The van der Waals surface area contributed by atoms with Gasteiger partial charge in [-0.05, 0) is 0 Å². The molecular formula is C4H4FeN2O6. The number of carboxylic acid groups (broad SMARTS) is 2. The third-order valence-electron chi connectivity index (χ3n) is 0.402. The number of aliphatic carboxylic acids is 2. The maximum atomic E-state index is 9.26. The number of carbonyl (C=O) groups is 4. The Balaban J connectivity index is -0.000000143. The zero-order valence-corrected chi connectivity index (χ0v) is 7.06. The summed E-state index contributed by atoms with van der Waals surface area (Å²) in [7, 11) is 0. The average Bonchev–Trinajstić information content (AvgIpc) is 1.88. The summed E-state index contributed by atoms with van der Waals surface area (Å²) >= 11 is 0. The van der Waals surface area contributed by atoms with Crippen LogP contribution in [0, 0.1) is 0 Å². The molecule has 13 heavy (non-hydrogen) atoms. The topological polar surface area (TPSA) is 166 Å². The molecule has 74 valence electrons. The standard InChI is InChI=1S/2C2H3NO3.Fe/c2*3-1(4)2(5)6;/h2*(H2,3,4)(H,5,6);/q;;+2/p-2. The van der Waals surface area contributed by atoms with Crippen molar-refractivity contribution in [2.24, 2.45) is 11.5 Å². The van der Waals surface area contributed by atoms with Gasteiger partial charge in [0, 0.05) is 0 Å². The summed E-state index contributed by atoms with van der Waals surface area (Å²) in [4.78, 5) is 36.7. The van der Waals surface area contributed by atoms with Crippen LogP contribution in [0.15, 0.2) is 0 Å². The fraction of sp³-hybridized carbons (Fsp3) is 0. The second-order valence-corrected chi connectivity index (χ2v) is 1.30. The van der Waals surface area contributed by atoms with Gasteiger partial charge in [-0.1, -0.05) is 0 Å². The van der Waals surface area contributed by atoms with Crippen molar-refractivity contribution in [2.45, 2.75) is 0 Å². The predicted octanol–water partition coefficient (Wildman–Crippen LogP) is -5.56. The molecule has 2 amide bonds. The Labute approximate surface area is 82.3 Å². The molecule has 0 aliphatic heterocycles. The first kappa shape index (κ1) is 17.5. The normalized spacial score (nSPS) is 6.77. The number of primary amides is 2. The van der Waals surface area contributed by atoms with Crippen LogP contribution in [0.3, 0.4) is 0 Å². The van der Waals surface area contributed by atoms with Gasteiger partial charge in [-0.15, -0.1) is 0 Å². The van der Waals surface area contributed by atoms with E-state index in [9.17, 15) is 9.59 Å². The third-order valence-corrected chi connectivity index (χ3v) is 0.402. The van der Waals surface area contributed by atoms with E-state index >= 15 is 0 Å². The fourth-order valence-electron chi connectivity index (χ4n) is 0. The fourth-order valence-corrected chi connectivity index (χ4v) is 0. The van der Waals surface area contributed by atoms with Gasteiger partial charge in [0.1, 0.15) is 11.9 Å². The van der Waals surface area contributed by atoms with E-state index in [1.54, 1.807) is 0 Å². The summed E-state index contributed by atoms with van der Waals surface area (Å²) in [6, 6.07) is 0. The number of amides is 2. The minimum Gasteiger partial charge on any atom is -0.540 e. The quantitative estimate of drug-likeness (QED) is 0.311. The van der Waals surface area contributed by atoms with Crippen LogP contribution >= 0.6 is 0 Å². The molecular weight excluding hydrogens is 228 g/mol. The van der Waals surface area contributed by atoms with Crippen molar-refractivity contribution in [1.29, 1.82) is 0 Å². The molecule has 0 atom stereocenters. The van der Waals surface area contributed by atoms with Crippen molar-refractivity contribution in [3.05, 3.63) is 0 Å². The molecule has 8 nitrogen and oxygen atoms in total. The van der Waals surface area contributed by atoms with Gasteiger partial charge in [0.2, 0.25) is 0 Å². The van der Waals surface area contributed by atoms with Crippen LogP contribution in [0.5, 0.6) is 0 Å². The second kappa shape index (κ2) is 8.50. The molecule has 0 unspecified atom stereocenters. The van der Waals surface area contributed by atoms with Gasteiger partial charge in [0.15, 0.2) is 0 Å². The summed E-state index contributed by atoms with van der Waals surface area (Å²) in [5.74, 6) is -6.57. The summed E-state index contributed by atoms with van der Waals surface area (Å²) in [5.41, 5.74) is 8.27. The van der Waals surface area contributed by atoms with Crippen LogP contribution in [0.1, 0.15) is 0 Å². The molecule has 0 spiro atoms. The van der Waals surface area contributed by atoms with Crippen molar-refractivity contribution in [3.8, 4) is 0 Å². The van der Waals surface area contributed by atoms with Gasteiger partial charge in [0.25, 0.3) is 11.8 Å². The van der Waals surface area contributed by atoms with Gasteiger partial charge in [-0.2, -0.15) is 0 Å². The predicted molar refractivity (Wildman–Crippen MR) is 28.4 cm³/mol. The number of carbonyl (C=O) groups excluding carboxylic acids is 4. The molecule has 0 radical (unpaired) electrons. The van der Waals surface area contributed by atoms with Crippen LogP contribution in [0.4, 0.5) is 0 Å². The Morgan fingerprint density at radius 3 is 0.846 bits per heavy atom. The first-order valence-electron chi connectivity index (χ1n) is 2.30. The van der Waals surface area contributed by atoms with Gasteiger partial charge >= 0.3 is 17.1 Å². The van der Waals surface area contributed by atoms with Crippen molar-refractivity contribution in [2.75, 3.05) is 0 Å². The number of hydrogen-bond donors (Lipinski definition) is 2. The first-order valence-corrected chi connectivity index (χ1v) is 2.30. The number of hydrogen-bond acceptors (Lipinski definition) is 6. The largest absolute Gasteiger partial charge is 2.00 e. The average molecular weight is 232 g/mol. The molecule has 0 aromatic rings. The molecule has 4 N–H and O–H groups in total. The van der Waals surface area contributed by atoms with Gasteiger partial charge in [-0.3, -0.25) is 9.59 Å². The SMILES string of the molecule is NC(=O)C(=O)[O-].NC(=O)C(=O)[O-].[Fe+2]. The molecule has 0 saturated heterocycles. The smallest absolute Gasteiger partial charge is 0.540 e. The summed E-state index contributed by atoms with van der Waals surface area (Å²) in [6.07, 6.45) is 0. The third kappa shape index (κ3) is 17.9. The minimum atomic E-state index is -1.85. The van der Waals surface area contributed by atoms with E-state index in [-0.39, 0.29) is 17.1 Å². The van der Waals surface area contributed by atoms with E-state index in [2.05, 4.69) is 11.5 Å². The van der Waals surface area contributed by atoms with E-state index < -0.39 is 23.8 Å². The summed E-state index contributed by atoms with van der Waals surface area (Å²) in [6.45, 7) is 0. The maximum Gasteiger partial charge on any atom is 2.00 e. The van der Waals surface area contributed by atoms with E-state index in [0.29, 0.717) is 0 Å². The molecule has 0 fully saturated rings. The Morgan fingerprint density at radius 2 is 0.846 bits per heavy atom. The molecule has 0 rings (SSSR count). The first-order chi connectivity index (χ1) is 5.29. The van der Waals surface area contributed by atoms with E-state index in [1.165, 1.54) is 0 Å². The van der Waals surface area contributed by atoms with E-state index in [1.807, 2.05) is 0 Å². The number of nitrogens with two attached hydrogens (primary N) is 2. The Bertz CT molecular complexity index is 179. The number of carboxylic acids is 2. The molecule has 0 heterocycles. The van der Waals surface area contributed by atoms with Crippen LogP contribution < -0.4 is 21.7 Å².